The highest BCUT2D eigenvalue weighted by Gasteiger charge is 2.16. The summed E-state index contributed by atoms with van der Waals surface area (Å²) < 4.78 is 16.1. The van der Waals surface area contributed by atoms with Crippen LogP contribution in [0.3, 0.4) is 0 Å². The van der Waals surface area contributed by atoms with Crippen molar-refractivity contribution in [2.24, 2.45) is 5.10 Å². The lowest BCUT2D eigenvalue weighted by atomic mass is 10.0. The van der Waals surface area contributed by atoms with Gasteiger partial charge in [-0.3, -0.25) is 4.79 Å². The van der Waals surface area contributed by atoms with E-state index in [0.29, 0.717) is 17.1 Å². The maximum absolute atomic E-state index is 12.9. The zero-order valence-electron chi connectivity index (χ0n) is 19.4. The van der Waals surface area contributed by atoms with Gasteiger partial charge in [0.05, 0.1) is 31.6 Å². The second-order valence-electron chi connectivity index (χ2n) is 7.56. The van der Waals surface area contributed by atoms with Crippen LogP contribution in [-0.4, -0.2) is 42.5 Å². The van der Waals surface area contributed by atoms with Gasteiger partial charge in [-0.15, -0.1) is 0 Å². The summed E-state index contributed by atoms with van der Waals surface area (Å²) in [6, 6.07) is 19.1. The lowest BCUT2D eigenvalue weighted by Crippen LogP contribution is -2.18. The van der Waals surface area contributed by atoms with Crippen LogP contribution in [0.25, 0.3) is 10.8 Å². The molecule has 0 aromatic heterocycles. The monoisotopic (exact) mass is 486 g/mol. The average Bonchev–Trinajstić information content (AvgIpc) is 2.89. The molecule has 3 N–H and O–H groups in total. The smallest absolute Gasteiger partial charge is 0.343 e. The van der Waals surface area contributed by atoms with Crippen molar-refractivity contribution in [1.29, 1.82) is 0 Å². The van der Waals surface area contributed by atoms with E-state index in [9.17, 15) is 19.8 Å². The predicted molar refractivity (Wildman–Crippen MR) is 133 cm³/mol. The standard InChI is InChI=1S/C27H22N2O7/c1-34-24-12-8-17(13-25(24)35-2)27(33)36-23-11-7-16-5-3-4-6-19(16)21(23)15-28-29-26(32)20-10-9-18(30)14-22(20)31/h3-15,30-31H,1-2H3,(H,29,32)/b28-15-. The number of carbonyl (C=O) groups excluding carboxylic acids is 2. The van der Waals surface area contributed by atoms with Crippen molar-refractivity contribution in [2.45, 2.75) is 0 Å². The molecule has 0 radical (unpaired) electrons. The van der Waals surface area contributed by atoms with Gasteiger partial charge >= 0.3 is 5.97 Å². The quantitative estimate of drug-likeness (QED) is 0.154. The minimum atomic E-state index is -0.687. The van der Waals surface area contributed by atoms with Crippen LogP contribution < -0.4 is 19.6 Å². The molecule has 182 valence electrons. The molecule has 9 heteroatoms. The van der Waals surface area contributed by atoms with Crippen LogP contribution >= 0.6 is 0 Å². The summed E-state index contributed by atoms with van der Waals surface area (Å²) >= 11 is 0. The Morgan fingerprint density at radius 2 is 1.61 bits per heavy atom. The molecule has 0 saturated heterocycles. The maximum Gasteiger partial charge on any atom is 0.343 e. The molecule has 4 aromatic rings. The first-order chi connectivity index (χ1) is 17.4. The number of aromatic hydroxyl groups is 2. The minimum absolute atomic E-state index is 0.0667. The first-order valence-electron chi connectivity index (χ1n) is 10.7. The number of hydrazone groups is 1. The number of rotatable bonds is 7. The Morgan fingerprint density at radius 1 is 0.861 bits per heavy atom. The molecule has 0 aliphatic heterocycles. The molecule has 0 bridgehead atoms. The van der Waals surface area contributed by atoms with Crippen molar-refractivity contribution in [3.63, 3.8) is 0 Å². The number of benzene rings is 4. The third-order valence-electron chi connectivity index (χ3n) is 5.34. The van der Waals surface area contributed by atoms with Crippen molar-refractivity contribution >= 4 is 28.9 Å². The van der Waals surface area contributed by atoms with Gasteiger partial charge in [-0.25, -0.2) is 10.2 Å². The number of esters is 1. The minimum Gasteiger partial charge on any atom is -0.508 e. The van der Waals surface area contributed by atoms with Crippen molar-refractivity contribution in [3.05, 3.63) is 89.5 Å². The van der Waals surface area contributed by atoms with Gasteiger partial charge in [0.1, 0.15) is 17.2 Å². The molecular weight excluding hydrogens is 464 g/mol. The number of phenols is 2. The van der Waals surface area contributed by atoms with Crippen LogP contribution in [0.4, 0.5) is 0 Å². The Balaban J connectivity index is 1.63. The molecule has 4 rings (SSSR count). The lowest BCUT2D eigenvalue weighted by Gasteiger charge is -2.12. The Kier molecular flexibility index (Phi) is 7.01. The van der Waals surface area contributed by atoms with Gasteiger partial charge in [0.2, 0.25) is 0 Å². The van der Waals surface area contributed by atoms with E-state index in [1.807, 2.05) is 24.3 Å². The van der Waals surface area contributed by atoms with Crippen LogP contribution in [0.2, 0.25) is 0 Å². The second-order valence-corrected chi connectivity index (χ2v) is 7.56. The number of nitrogens with one attached hydrogen (secondary N) is 1. The molecule has 0 aliphatic rings. The van der Waals surface area contributed by atoms with Crippen molar-refractivity contribution in [1.82, 2.24) is 5.43 Å². The van der Waals surface area contributed by atoms with Crippen LogP contribution in [0.1, 0.15) is 26.3 Å². The summed E-state index contributed by atoms with van der Waals surface area (Å²) in [6.07, 6.45) is 1.36. The average molecular weight is 486 g/mol. The third kappa shape index (κ3) is 5.05. The SMILES string of the molecule is COc1ccc(C(=O)Oc2ccc3ccccc3c2/C=N\NC(=O)c2ccc(O)cc2O)cc1OC. The summed E-state index contributed by atoms with van der Waals surface area (Å²) in [5, 5.41) is 24.9. The zero-order chi connectivity index (χ0) is 25.7. The van der Waals surface area contributed by atoms with Gasteiger partial charge in [0, 0.05) is 11.6 Å². The molecular formula is C27H22N2O7. The summed E-state index contributed by atoms with van der Waals surface area (Å²) in [4.78, 5) is 25.3. The van der Waals surface area contributed by atoms with Gasteiger partial charge in [0.25, 0.3) is 5.91 Å². The van der Waals surface area contributed by atoms with Crippen LogP contribution in [0, 0.1) is 0 Å². The largest absolute Gasteiger partial charge is 0.508 e. The second kappa shape index (κ2) is 10.5. The first-order valence-corrected chi connectivity index (χ1v) is 10.7. The summed E-state index contributed by atoms with van der Waals surface area (Å²) in [7, 11) is 2.97. The fourth-order valence-corrected chi connectivity index (χ4v) is 3.55. The maximum atomic E-state index is 12.9. The zero-order valence-corrected chi connectivity index (χ0v) is 19.4. The van der Waals surface area contributed by atoms with E-state index >= 15 is 0 Å². The summed E-state index contributed by atoms with van der Waals surface area (Å²) in [5.74, 6) is -0.803. The number of phenolic OH excluding ortho intramolecular Hbond substituents is 2. The molecule has 0 fully saturated rings. The number of hydrogen-bond donors (Lipinski definition) is 3. The number of carbonyl (C=O) groups is 2. The number of amides is 1. The summed E-state index contributed by atoms with van der Waals surface area (Å²) in [5.41, 5.74) is 2.97. The third-order valence-corrected chi connectivity index (χ3v) is 5.34. The van der Waals surface area contributed by atoms with E-state index in [0.717, 1.165) is 16.8 Å². The number of fused-ring (bicyclic) bond motifs is 1. The van der Waals surface area contributed by atoms with Crippen molar-refractivity contribution < 1.29 is 34.0 Å². The Hall–Kier alpha value is -5.05. The topological polar surface area (TPSA) is 127 Å². The normalized spacial score (nSPS) is 10.8. The highest BCUT2D eigenvalue weighted by atomic mass is 16.5. The van der Waals surface area contributed by atoms with Gasteiger partial charge < -0.3 is 24.4 Å². The Bertz CT molecular complexity index is 1480. The number of hydrogen-bond acceptors (Lipinski definition) is 8. The molecule has 0 aliphatic carbocycles. The number of ether oxygens (including phenoxy) is 3. The first kappa shape index (κ1) is 24.1. The van der Waals surface area contributed by atoms with Gasteiger partial charge in [0.15, 0.2) is 11.5 Å². The van der Waals surface area contributed by atoms with Crippen molar-refractivity contribution in [2.75, 3.05) is 14.2 Å². The van der Waals surface area contributed by atoms with E-state index in [2.05, 4.69) is 10.5 Å². The highest BCUT2D eigenvalue weighted by molar-refractivity contribution is 6.04. The molecule has 0 saturated carbocycles. The molecule has 36 heavy (non-hydrogen) atoms. The van der Waals surface area contributed by atoms with E-state index in [1.165, 1.54) is 38.6 Å². The highest BCUT2D eigenvalue weighted by Crippen LogP contribution is 2.30. The molecule has 0 heterocycles. The molecule has 0 atom stereocenters. The van der Waals surface area contributed by atoms with E-state index in [-0.39, 0.29) is 22.6 Å². The van der Waals surface area contributed by atoms with Gasteiger partial charge in [-0.05, 0) is 47.2 Å². The summed E-state index contributed by atoms with van der Waals surface area (Å²) in [6.45, 7) is 0. The van der Waals surface area contributed by atoms with E-state index < -0.39 is 17.6 Å². The number of nitrogens with zero attached hydrogens (tertiary/aromatic N) is 1. The predicted octanol–water partition coefficient (Wildman–Crippen LogP) is 4.25. The molecule has 9 nitrogen and oxygen atoms in total. The fourth-order valence-electron chi connectivity index (χ4n) is 3.55. The van der Waals surface area contributed by atoms with Crippen LogP contribution in [0.15, 0.2) is 77.9 Å². The molecule has 4 aromatic carbocycles. The lowest BCUT2D eigenvalue weighted by molar-refractivity contribution is 0.0734. The number of methoxy groups -OCH3 is 2. The van der Waals surface area contributed by atoms with E-state index in [1.54, 1.807) is 24.3 Å². The molecule has 1 amide bonds. The van der Waals surface area contributed by atoms with Crippen LogP contribution in [-0.2, 0) is 0 Å². The van der Waals surface area contributed by atoms with Crippen LogP contribution in [0.5, 0.6) is 28.7 Å². The molecule has 0 unspecified atom stereocenters. The van der Waals surface area contributed by atoms with Crippen molar-refractivity contribution in [3.8, 4) is 28.7 Å². The Labute approximate surface area is 206 Å². The van der Waals surface area contributed by atoms with Gasteiger partial charge in [-0.2, -0.15) is 5.10 Å². The Morgan fingerprint density at radius 3 is 2.36 bits per heavy atom. The fraction of sp³-hybridized carbons (Fsp3) is 0.0741. The molecule has 0 spiro atoms. The van der Waals surface area contributed by atoms with Gasteiger partial charge in [-0.1, -0.05) is 30.3 Å². The van der Waals surface area contributed by atoms with E-state index in [4.69, 9.17) is 14.2 Å².